The van der Waals surface area contributed by atoms with Crippen LogP contribution in [0.2, 0.25) is 0 Å². The molecule has 0 unspecified atom stereocenters. The first-order valence-electron chi connectivity index (χ1n) is 9.37. The summed E-state index contributed by atoms with van der Waals surface area (Å²) in [5.41, 5.74) is 2.58. The summed E-state index contributed by atoms with van der Waals surface area (Å²) in [4.78, 5) is 2.58. The van der Waals surface area contributed by atoms with E-state index in [4.69, 9.17) is 0 Å². The summed E-state index contributed by atoms with van der Waals surface area (Å²) in [6, 6.07) is 9.36. The van der Waals surface area contributed by atoms with Crippen molar-refractivity contribution in [1.82, 2.24) is 9.21 Å². The standard InChI is InChI=1S/C19H26N2O2S/c1-13-2-4-14(5-3-13)17-12-21(24(22,23)16-6-7-16)18-15-8-10-20(11-9-15)19(17)18/h2-5,15-19H,6-12H2,1H3/t17-,18-,19-/m1/s1. The van der Waals surface area contributed by atoms with Gasteiger partial charge in [-0.25, -0.2) is 8.42 Å². The number of benzene rings is 1. The number of sulfonamides is 1. The van der Waals surface area contributed by atoms with Crippen LogP contribution < -0.4 is 0 Å². The highest BCUT2D eigenvalue weighted by Gasteiger charge is 2.58. The molecule has 5 fully saturated rings. The maximum absolute atomic E-state index is 13.1. The Balaban J connectivity index is 1.55. The average Bonchev–Trinajstić information content (AvgIpc) is 3.37. The van der Waals surface area contributed by atoms with E-state index in [-0.39, 0.29) is 11.3 Å². The molecule has 5 aliphatic rings. The summed E-state index contributed by atoms with van der Waals surface area (Å²) in [5.74, 6) is 0.885. The van der Waals surface area contributed by atoms with Crippen molar-refractivity contribution < 1.29 is 8.42 Å². The molecule has 4 saturated heterocycles. The quantitative estimate of drug-likeness (QED) is 0.843. The zero-order valence-electron chi connectivity index (χ0n) is 14.3. The van der Waals surface area contributed by atoms with Crippen LogP contribution in [0.1, 0.15) is 42.7 Å². The average molecular weight is 346 g/mol. The number of nitrogens with zero attached hydrogens (tertiary/aromatic N) is 2. The molecule has 0 N–H and O–H groups in total. The fourth-order valence-corrected chi connectivity index (χ4v) is 7.44. The van der Waals surface area contributed by atoms with E-state index in [1.807, 2.05) is 4.31 Å². The third-order valence-electron chi connectivity index (χ3n) is 6.73. The molecule has 24 heavy (non-hydrogen) atoms. The predicted octanol–water partition coefficient (Wildman–Crippen LogP) is 2.35. The Morgan fingerprint density at radius 2 is 1.62 bits per heavy atom. The maximum Gasteiger partial charge on any atom is 0.217 e. The molecule has 0 radical (unpaired) electrons. The third kappa shape index (κ3) is 2.21. The molecule has 130 valence electrons. The molecule has 1 saturated carbocycles. The van der Waals surface area contributed by atoms with Gasteiger partial charge in [0.1, 0.15) is 0 Å². The minimum absolute atomic E-state index is 0.0922. The van der Waals surface area contributed by atoms with Crippen molar-refractivity contribution in [2.24, 2.45) is 5.92 Å². The first-order chi connectivity index (χ1) is 11.6. The summed E-state index contributed by atoms with van der Waals surface area (Å²) in [6.45, 7) is 5.08. The highest BCUT2D eigenvalue weighted by molar-refractivity contribution is 7.90. The third-order valence-corrected chi connectivity index (χ3v) is 9.09. The van der Waals surface area contributed by atoms with E-state index in [0.29, 0.717) is 24.4 Å². The van der Waals surface area contributed by atoms with Gasteiger partial charge in [-0.05, 0) is 57.2 Å². The van der Waals surface area contributed by atoms with E-state index in [1.165, 1.54) is 24.0 Å². The van der Waals surface area contributed by atoms with Gasteiger partial charge in [-0.3, -0.25) is 4.90 Å². The molecule has 3 atom stereocenters. The van der Waals surface area contributed by atoms with Gasteiger partial charge < -0.3 is 0 Å². The monoisotopic (exact) mass is 346 g/mol. The van der Waals surface area contributed by atoms with Crippen LogP contribution in [0, 0.1) is 12.8 Å². The minimum Gasteiger partial charge on any atom is -0.298 e. The van der Waals surface area contributed by atoms with E-state index >= 15 is 0 Å². The van der Waals surface area contributed by atoms with Gasteiger partial charge in [0.15, 0.2) is 0 Å². The summed E-state index contributed by atoms with van der Waals surface area (Å²) in [7, 11) is -3.10. The van der Waals surface area contributed by atoms with Crippen molar-refractivity contribution in [3.8, 4) is 0 Å². The number of rotatable bonds is 3. The first kappa shape index (κ1) is 15.4. The number of hydrogen-bond acceptors (Lipinski definition) is 3. The fraction of sp³-hybridized carbons (Fsp3) is 0.684. The molecule has 2 bridgehead atoms. The van der Waals surface area contributed by atoms with E-state index in [0.717, 1.165) is 25.9 Å². The Hall–Kier alpha value is -0.910. The second-order valence-corrected chi connectivity index (χ2v) is 10.4. The van der Waals surface area contributed by atoms with Gasteiger partial charge in [-0.15, -0.1) is 0 Å². The lowest BCUT2D eigenvalue weighted by Gasteiger charge is -2.51. The van der Waals surface area contributed by atoms with Crippen LogP contribution in [0.25, 0.3) is 0 Å². The molecular formula is C19H26N2O2S. The van der Waals surface area contributed by atoms with Crippen LogP contribution >= 0.6 is 0 Å². The zero-order valence-corrected chi connectivity index (χ0v) is 15.1. The molecule has 1 aromatic carbocycles. The molecular weight excluding hydrogens is 320 g/mol. The number of piperidine rings is 3. The molecule has 4 heterocycles. The Morgan fingerprint density at radius 1 is 0.958 bits per heavy atom. The second kappa shape index (κ2) is 5.29. The lowest BCUT2D eigenvalue weighted by atomic mass is 9.75. The van der Waals surface area contributed by atoms with Gasteiger partial charge in [0.05, 0.1) is 5.25 Å². The Labute approximate surface area is 144 Å². The largest absolute Gasteiger partial charge is 0.298 e. The predicted molar refractivity (Wildman–Crippen MR) is 94.4 cm³/mol. The minimum atomic E-state index is -3.10. The highest BCUT2D eigenvalue weighted by atomic mass is 32.2. The smallest absolute Gasteiger partial charge is 0.217 e. The first-order valence-corrected chi connectivity index (χ1v) is 10.9. The van der Waals surface area contributed by atoms with Crippen molar-refractivity contribution in [3.05, 3.63) is 35.4 Å². The van der Waals surface area contributed by atoms with Gasteiger partial charge in [0, 0.05) is 24.5 Å². The lowest BCUT2D eigenvalue weighted by molar-refractivity contribution is 0.0122. The Kier molecular flexibility index (Phi) is 3.39. The van der Waals surface area contributed by atoms with Gasteiger partial charge in [0.25, 0.3) is 0 Å². The Bertz CT molecular complexity index is 733. The fourth-order valence-electron chi connectivity index (χ4n) is 5.32. The van der Waals surface area contributed by atoms with Crippen LogP contribution in [0.3, 0.4) is 0 Å². The number of aryl methyl sites for hydroxylation is 1. The van der Waals surface area contributed by atoms with Crippen LogP contribution in [0.15, 0.2) is 24.3 Å². The van der Waals surface area contributed by atoms with Crippen LogP contribution in [0.4, 0.5) is 0 Å². The molecule has 6 rings (SSSR count). The molecule has 4 aliphatic heterocycles. The van der Waals surface area contributed by atoms with Gasteiger partial charge in [0.2, 0.25) is 10.0 Å². The Morgan fingerprint density at radius 3 is 2.25 bits per heavy atom. The molecule has 0 aromatic heterocycles. The lowest BCUT2D eigenvalue weighted by Crippen LogP contribution is -2.60. The SMILES string of the molecule is Cc1ccc([C@H]2CN(S(=O)(=O)C3CC3)[C@@H]3C4CCN(CC4)[C@H]23)cc1. The molecule has 5 heteroatoms. The maximum atomic E-state index is 13.1. The number of fused-ring (bicyclic) bond motifs is 2. The molecule has 0 spiro atoms. The van der Waals surface area contributed by atoms with Crippen molar-refractivity contribution in [3.63, 3.8) is 0 Å². The van der Waals surface area contributed by atoms with Crippen LogP contribution in [0.5, 0.6) is 0 Å². The molecule has 1 aromatic rings. The zero-order chi connectivity index (χ0) is 16.5. The van der Waals surface area contributed by atoms with Crippen molar-refractivity contribution in [1.29, 1.82) is 0 Å². The van der Waals surface area contributed by atoms with Crippen LogP contribution in [-0.2, 0) is 10.0 Å². The molecule has 1 aliphatic carbocycles. The normalized spacial score (nSPS) is 39.1. The van der Waals surface area contributed by atoms with Crippen molar-refractivity contribution in [2.75, 3.05) is 19.6 Å². The van der Waals surface area contributed by atoms with E-state index < -0.39 is 10.0 Å². The van der Waals surface area contributed by atoms with E-state index in [1.54, 1.807) is 0 Å². The van der Waals surface area contributed by atoms with Gasteiger partial charge in [-0.1, -0.05) is 29.8 Å². The highest BCUT2D eigenvalue weighted by Crippen LogP contribution is 2.49. The van der Waals surface area contributed by atoms with E-state index in [9.17, 15) is 8.42 Å². The van der Waals surface area contributed by atoms with Gasteiger partial charge >= 0.3 is 0 Å². The summed E-state index contributed by atoms with van der Waals surface area (Å²) in [5, 5.41) is -0.0922. The van der Waals surface area contributed by atoms with Crippen molar-refractivity contribution >= 4 is 10.0 Å². The van der Waals surface area contributed by atoms with Crippen LogP contribution in [-0.4, -0.2) is 54.6 Å². The van der Waals surface area contributed by atoms with E-state index in [2.05, 4.69) is 36.1 Å². The number of hydrogen-bond donors (Lipinski definition) is 0. The summed E-state index contributed by atoms with van der Waals surface area (Å²) in [6.07, 6.45) is 4.05. The second-order valence-electron chi connectivity index (χ2n) is 8.19. The molecule has 4 nitrogen and oxygen atoms in total. The topological polar surface area (TPSA) is 40.6 Å². The van der Waals surface area contributed by atoms with Crippen molar-refractivity contribution in [2.45, 2.75) is 55.9 Å². The summed E-state index contributed by atoms with van der Waals surface area (Å²) < 4.78 is 28.1. The molecule has 0 amide bonds. The summed E-state index contributed by atoms with van der Waals surface area (Å²) >= 11 is 0. The van der Waals surface area contributed by atoms with Gasteiger partial charge in [-0.2, -0.15) is 4.31 Å².